The summed E-state index contributed by atoms with van der Waals surface area (Å²) < 4.78 is 0. The predicted molar refractivity (Wildman–Crippen MR) is 40.3 cm³/mol. The summed E-state index contributed by atoms with van der Waals surface area (Å²) in [5.41, 5.74) is 1.28. The van der Waals surface area contributed by atoms with Crippen molar-refractivity contribution >= 4 is 11.6 Å². The number of dihydropyridines is 1. The number of hydrogen-bond acceptors (Lipinski definition) is 1. The zero-order valence-electron chi connectivity index (χ0n) is 5.61. The Balaban J connectivity index is 2.74. The molecule has 50 valence electrons. The highest BCUT2D eigenvalue weighted by Gasteiger charge is 2.05. The molecule has 2 heteroatoms. The van der Waals surface area contributed by atoms with Crippen LogP contribution < -0.4 is 5.32 Å². The molecule has 0 saturated carbocycles. The molecule has 0 amide bonds. The third-order valence-corrected chi connectivity index (χ3v) is 1.74. The lowest BCUT2D eigenvalue weighted by Crippen LogP contribution is -2.24. The molecule has 0 aromatic heterocycles. The van der Waals surface area contributed by atoms with E-state index >= 15 is 0 Å². The minimum atomic E-state index is 0.437. The Morgan fingerprint density at radius 1 is 1.67 bits per heavy atom. The first kappa shape index (κ1) is 6.69. The van der Waals surface area contributed by atoms with E-state index < -0.39 is 0 Å². The minimum absolute atomic E-state index is 0.437. The van der Waals surface area contributed by atoms with E-state index in [2.05, 4.69) is 19.2 Å². The molecular formula is C7H10ClN. The fourth-order valence-electron chi connectivity index (χ4n) is 0.720. The molecule has 0 radical (unpaired) electrons. The summed E-state index contributed by atoms with van der Waals surface area (Å²) in [6.45, 7) is 4.17. The molecule has 0 spiro atoms. The van der Waals surface area contributed by atoms with Crippen LogP contribution in [0.3, 0.4) is 0 Å². The van der Waals surface area contributed by atoms with Gasteiger partial charge in [-0.3, -0.25) is 0 Å². The van der Waals surface area contributed by atoms with Crippen LogP contribution in [0.4, 0.5) is 0 Å². The molecule has 1 aliphatic heterocycles. The van der Waals surface area contributed by atoms with Crippen molar-refractivity contribution in [1.29, 1.82) is 0 Å². The number of hydrogen-bond donors (Lipinski definition) is 1. The van der Waals surface area contributed by atoms with E-state index in [1.165, 1.54) is 5.57 Å². The van der Waals surface area contributed by atoms with E-state index in [0.717, 1.165) is 5.03 Å². The summed E-state index contributed by atoms with van der Waals surface area (Å²) >= 11 is 5.70. The van der Waals surface area contributed by atoms with Crippen molar-refractivity contribution in [1.82, 2.24) is 5.32 Å². The fourth-order valence-corrected chi connectivity index (χ4v) is 0.955. The van der Waals surface area contributed by atoms with Gasteiger partial charge in [0.05, 0.1) is 5.03 Å². The SMILES string of the molecule is CC1=CC(Cl)=CNC1C. The Bertz CT molecular complexity index is 170. The van der Waals surface area contributed by atoms with Gasteiger partial charge in [-0.1, -0.05) is 11.6 Å². The Morgan fingerprint density at radius 3 is 2.78 bits per heavy atom. The van der Waals surface area contributed by atoms with E-state index in [-0.39, 0.29) is 0 Å². The molecule has 0 aromatic rings. The highest BCUT2D eigenvalue weighted by Crippen LogP contribution is 2.13. The molecule has 1 unspecified atom stereocenters. The first-order valence-corrected chi connectivity index (χ1v) is 3.38. The minimum Gasteiger partial charge on any atom is -0.384 e. The average molecular weight is 144 g/mol. The number of halogens is 1. The maximum Gasteiger partial charge on any atom is 0.0562 e. The molecule has 1 N–H and O–H groups in total. The van der Waals surface area contributed by atoms with Gasteiger partial charge in [-0.2, -0.15) is 0 Å². The molecule has 0 aliphatic carbocycles. The van der Waals surface area contributed by atoms with Crippen LogP contribution in [0, 0.1) is 0 Å². The normalized spacial score (nSPS) is 26.3. The first-order valence-electron chi connectivity index (χ1n) is 3.00. The van der Waals surface area contributed by atoms with Gasteiger partial charge in [0.15, 0.2) is 0 Å². The molecule has 9 heavy (non-hydrogen) atoms. The number of allylic oxidation sites excluding steroid dienone is 2. The Kier molecular flexibility index (Phi) is 1.81. The lowest BCUT2D eigenvalue weighted by molar-refractivity contribution is 0.716. The van der Waals surface area contributed by atoms with Crippen LogP contribution in [-0.2, 0) is 0 Å². The van der Waals surface area contributed by atoms with Crippen LogP contribution in [0.15, 0.2) is 22.9 Å². The van der Waals surface area contributed by atoms with E-state index in [4.69, 9.17) is 11.6 Å². The van der Waals surface area contributed by atoms with Crippen LogP contribution in [-0.4, -0.2) is 6.04 Å². The van der Waals surface area contributed by atoms with Gasteiger partial charge >= 0.3 is 0 Å². The monoisotopic (exact) mass is 143 g/mol. The second-order valence-corrected chi connectivity index (χ2v) is 2.74. The summed E-state index contributed by atoms with van der Waals surface area (Å²) in [4.78, 5) is 0. The maximum absolute atomic E-state index is 5.70. The zero-order chi connectivity index (χ0) is 6.85. The zero-order valence-corrected chi connectivity index (χ0v) is 6.37. The highest BCUT2D eigenvalue weighted by molar-refractivity contribution is 6.31. The summed E-state index contributed by atoms with van der Waals surface area (Å²) in [5, 5.41) is 3.90. The Morgan fingerprint density at radius 2 is 2.33 bits per heavy atom. The Labute approximate surface area is 60.4 Å². The van der Waals surface area contributed by atoms with Gasteiger partial charge in [0.1, 0.15) is 0 Å². The molecule has 0 bridgehead atoms. The van der Waals surface area contributed by atoms with Crippen molar-refractivity contribution in [2.24, 2.45) is 0 Å². The second-order valence-electron chi connectivity index (χ2n) is 2.31. The lowest BCUT2D eigenvalue weighted by atomic mass is 10.1. The fraction of sp³-hybridized carbons (Fsp3) is 0.429. The van der Waals surface area contributed by atoms with Crippen molar-refractivity contribution in [3.8, 4) is 0 Å². The smallest absolute Gasteiger partial charge is 0.0562 e. The van der Waals surface area contributed by atoms with Crippen molar-refractivity contribution in [2.75, 3.05) is 0 Å². The molecule has 1 nitrogen and oxygen atoms in total. The van der Waals surface area contributed by atoms with Gasteiger partial charge in [0.2, 0.25) is 0 Å². The van der Waals surface area contributed by atoms with E-state index in [1.54, 1.807) is 0 Å². The third-order valence-electron chi connectivity index (χ3n) is 1.52. The van der Waals surface area contributed by atoms with Crippen LogP contribution in [0.5, 0.6) is 0 Å². The Hall–Kier alpha value is -0.430. The lowest BCUT2D eigenvalue weighted by Gasteiger charge is -2.16. The largest absolute Gasteiger partial charge is 0.384 e. The van der Waals surface area contributed by atoms with Crippen LogP contribution in [0.2, 0.25) is 0 Å². The van der Waals surface area contributed by atoms with Crippen LogP contribution in [0.1, 0.15) is 13.8 Å². The molecule has 1 rings (SSSR count). The van der Waals surface area contributed by atoms with Gasteiger partial charge in [-0.15, -0.1) is 0 Å². The van der Waals surface area contributed by atoms with E-state index in [0.29, 0.717) is 6.04 Å². The predicted octanol–water partition coefficient (Wildman–Crippen LogP) is 2.00. The summed E-state index contributed by atoms with van der Waals surface area (Å²) in [6, 6.07) is 0.437. The van der Waals surface area contributed by atoms with Crippen molar-refractivity contribution in [2.45, 2.75) is 19.9 Å². The second kappa shape index (κ2) is 2.44. The average Bonchev–Trinajstić information content (AvgIpc) is 1.80. The van der Waals surface area contributed by atoms with E-state index in [1.807, 2.05) is 12.3 Å². The highest BCUT2D eigenvalue weighted by atomic mass is 35.5. The molecule has 1 heterocycles. The molecule has 1 atom stereocenters. The molecule has 1 aliphatic rings. The van der Waals surface area contributed by atoms with E-state index in [9.17, 15) is 0 Å². The molecule has 0 fully saturated rings. The van der Waals surface area contributed by atoms with Crippen molar-refractivity contribution in [3.05, 3.63) is 22.9 Å². The van der Waals surface area contributed by atoms with Gasteiger partial charge in [-0.05, 0) is 25.5 Å². The maximum atomic E-state index is 5.70. The number of nitrogens with one attached hydrogen (secondary N) is 1. The molecule has 0 aromatic carbocycles. The van der Waals surface area contributed by atoms with Gasteiger partial charge < -0.3 is 5.32 Å². The van der Waals surface area contributed by atoms with Gasteiger partial charge in [0.25, 0.3) is 0 Å². The van der Waals surface area contributed by atoms with Crippen molar-refractivity contribution in [3.63, 3.8) is 0 Å². The molecule has 0 saturated heterocycles. The number of rotatable bonds is 0. The van der Waals surface area contributed by atoms with Crippen LogP contribution >= 0.6 is 11.6 Å². The summed E-state index contributed by atoms with van der Waals surface area (Å²) in [5.74, 6) is 0. The third kappa shape index (κ3) is 1.49. The summed E-state index contributed by atoms with van der Waals surface area (Å²) in [6.07, 6.45) is 3.79. The summed E-state index contributed by atoms with van der Waals surface area (Å²) in [7, 11) is 0. The topological polar surface area (TPSA) is 12.0 Å². The van der Waals surface area contributed by atoms with Crippen molar-refractivity contribution < 1.29 is 0 Å². The van der Waals surface area contributed by atoms with Gasteiger partial charge in [-0.25, -0.2) is 0 Å². The molecular weight excluding hydrogens is 134 g/mol. The first-order chi connectivity index (χ1) is 4.20. The van der Waals surface area contributed by atoms with Crippen LogP contribution in [0.25, 0.3) is 0 Å². The van der Waals surface area contributed by atoms with Gasteiger partial charge in [0, 0.05) is 12.2 Å². The quantitative estimate of drug-likeness (QED) is 0.547. The standard InChI is InChI=1S/C7H10ClN/c1-5-3-7(8)4-9-6(5)2/h3-4,6,9H,1-2H3.